The molecule has 1 amide bonds. The van der Waals surface area contributed by atoms with E-state index in [1.807, 2.05) is 58.1 Å². The molecule has 2 bridgehead atoms. The maximum atomic E-state index is 14.7. The van der Waals surface area contributed by atoms with Crippen molar-refractivity contribution in [2.75, 3.05) is 87.5 Å². The molecule has 442 valence electrons. The van der Waals surface area contributed by atoms with E-state index in [9.17, 15) is 34.2 Å². The van der Waals surface area contributed by atoms with Crippen LogP contribution in [-0.4, -0.2) is 196 Å². The molecule has 5 aliphatic rings. The largest absolute Gasteiger partial charge is 0.460 e. The fourth-order valence-corrected chi connectivity index (χ4v) is 12.1. The highest BCUT2D eigenvalue weighted by atomic mass is 16.6. The molecule has 0 aromatic rings. The van der Waals surface area contributed by atoms with E-state index in [1.54, 1.807) is 41.1 Å². The van der Waals surface area contributed by atoms with Crippen molar-refractivity contribution in [1.29, 1.82) is 0 Å². The number of hydrogen-bond acceptors (Lipinski definition) is 16. The number of carbonyl (C=O) groups is 5. The topological polar surface area (TPSA) is 200 Å². The summed E-state index contributed by atoms with van der Waals surface area (Å²) in [6.45, 7) is 19.5. The minimum atomic E-state index is -2.46. The molecule has 1 aliphatic carbocycles. The smallest absolute Gasteiger partial charge is 0.329 e. The highest BCUT2D eigenvalue weighted by Gasteiger charge is 2.53. The van der Waals surface area contributed by atoms with Crippen molar-refractivity contribution in [2.45, 2.75) is 186 Å². The zero-order chi connectivity index (χ0) is 57.1. The minimum absolute atomic E-state index is 0.00546. The molecule has 4 aliphatic heterocycles. The number of aliphatic hydroxyl groups is 2. The van der Waals surface area contributed by atoms with E-state index in [-0.39, 0.29) is 73.9 Å². The Morgan fingerprint density at radius 2 is 1.54 bits per heavy atom. The molecule has 0 spiro atoms. The predicted molar refractivity (Wildman–Crippen MR) is 298 cm³/mol. The zero-order valence-electron chi connectivity index (χ0n) is 49.2. The number of allylic oxidation sites excluding steroid dienone is 6. The van der Waals surface area contributed by atoms with E-state index in [2.05, 4.69) is 16.8 Å². The van der Waals surface area contributed by atoms with Crippen LogP contribution in [0.25, 0.3) is 0 Å². The molecule has 0 unspecified atom stereocenters. The quantitative estimate of drug-likeness (QED) is 0.0791. The molecule has 3 saturated heterocycles. The number of rotatable bonds is 14. The lowest BCUT2D eigenvalue weighted by Crippen LogP contribution is -2.61. The lowest BCUT2D eigenvalue weighted by Gasteiger charge is -2.43. The molecule has 4 fully saturated rings. The van der Waals surface area contributed by atoms with Gasteiger partial charge in [-0.1, -0.05) is 71.1 Å². The molecular formula is C61H99N3O14. The normalized spacial score (nSPS) is 35.2. The van der Waals surface area contributed by atoms with Crippen LogP contribution in [0.2, 0.25) is 0 Å². The number of piperazine rings is 1. The van der Waals surface area contributed by atoms with E-state index in [0.717, 1.165) is 64.0 Å². The number of piperidine rings is 1. The Kier molecular flexibility index (Phi) is 27.0. The van der Waals surface area contributed by atoms with Crippen molar-refractivity contribution in [1.82, 2.24) is 14.7 Å². The Hall–Kier alpha value is -3.49. The van der Waals surface area contributed by atoms with Crippen molar-refractivity contribution in [2.24, 2.45) is 35.5 Å². The molecule has 0 aromatic heterocycles. The van der Waals surface area contributed by atoms with Gasteiger partial charge >= 0.3 is 5.97 Å². The van der Waals surface area contributed by atoms with Gasteiger partial charge in [0.1, 0.15) is 30.1 Å². The lowest BCUT2D eigenvalue weighted by molar-refractivity contribution is -0.266. The van der Waals surface area contributed by atoms with Gasteiger partial charge in [-0.3, -0.25) is 19.2 Å². The van der Waals surface area contributed by atoms with Crippen LogP contribution in [0, 0.1) is 35.5 Å². The van der Waals surface area contributed by atoms with Crippen LogP contribution in [0.5, 0.6) is 0 Å². The number of likely N-dealkylation sites (N-methyl/N-ethyl adjacent to an activating group) is 1. The van der Waals surface area contributed by atoms with E-state index >= 15 is 0 Å². The van der Waals surface area contributed by atoms with Crippen LogP contribution < -0.4 is 0 Å². The van der Waals surface area contributed by atoms with Gasteiger partial charge in [0, 0.05) is 97.8 Å². The highest BCUT2D eigenvalue weighted by Crippen LogP contribution is 2.38. The molecule has 78 heavy (non-hydrogen) atoms. The van der Waals surface area contributed by atoms with Crippen molar-refractivity contribution in [3.05, 3.63) is 47.6 Å². The molecule has 2 N–H and O–H groups in total. The Bertz CT molecular complexity index is 2050. The Morgan fingerprint density at radius 1 is 0.795 bits per heavy atom. The van der Waals surface area contributed by atoms with Crippen molar-refractivity contribution in [3.63, 3.8) is 0 Å². The summed E-state index contributed by atoms with van der Waals surface area (Å²) < 4.78 is 42.4. The number of amides is 1. The molecule has 1 saturated carbocycles. The number of esters is 1. The number of nitrogens with zero attached hydrogens (tertiary/aromatic N) is 3. The lowest BCUT2D eigenvalue weighted by atomic mass is 9.78. The number of ether oxygens (including phenoxy) is 7. The van der Waals surface area contributed by atoms with Gasteiger partial charge in [-0.05, 0) is 120 Å². The second-order valence-corrected chi connectivity index (χ2v) is 23.6. The molecule has 17 nitrogen and oxygen atoms in total. The summed E-state index contributed by atoms with van der Waals surface area (Å²) in [5, 5.41) is 23.8. The average Bonchev–Trinajstić information content (AvgIpc) is 3.46. The van der Waals surface area contributed by atoms with Gasteiger partial charge in [0.2, 0.25) is 5.79 Å². The number of ketones is 3. The van der Waals surface area contributed by atoms with Crippen LogP contribution in [0.1, 0.15) is 132 Å². The molecular weight excluding hydrogens is 999 g/mol. The maximum Gasteiger partial charge on any atom is 0.329 e. The van der Waals surface area contributed by atoms with Crippen molar-refractivity contribution in [3.8, 4) is 0 Å². The first-order chi connectivity index (χ1) is 37.2. The van der Waals surface area contributed by atoms with Crippen LogP contribution in [0.3, 0.4) is 0 Å². The SMILES string of the molecule is COCCO[C@@H]1C[C@@H]2CC[C@@H](C)[C@@](O)(O2)C(=O)C(=O)N2CCCC[C@H]2C(=O)O[C@H]([C@H](C)C[C@@H]2CC[C@@H](OCCCN3CCN(C)CC3)[C@H](OC)C2)CC(=O)[C@H](C)C=C(C)[C@@H](O)[C@@H](OC)C(=O)[C@H](C)C[C@H](C)C=CC=CC=C1C. The van der Waals surface area contributed by atoms with E-state index in [4.69, 9.17) is 33.2 Å². The Balaban J connectivity index is 1.41. The van der Waals surface area contributed by atoms with Crippen LogP contribution in [0.15, 0.2) is 47.6 Å². The third-order valence-corrected chi connectivity index (χ3v) is 17.3. The van der Waals surface area contributed by atoms with Crippen LogP contribution in [-0.2, 0) is 57.1 Å². The molecule has 4 heterocycles. The second kappa shape index (κ2) is 32.2. The summed E-state index contributed by atoms with van der Waals surface area (Å²) in [6.07, 6.45) is 13.4. The number of Topliss-reactive ketones (excluding diaryl/α,β-unsaturated/α-hetero) is 3. The fraction of sp³-hybridized carbons (Fsp3) is 0.787. The number of carbonyl (C=O) groups excluding carboxylic acids is 5. The van der Waals surface area contributed by atoms with Gasteiger partial charge in [0.15, 0.2) is 5.78 Å². The monoisotopic (exact) mass is 1100 g/mol. The number of aliphatic hydroxyl groups excluding tert-OH is 1. The zero-order valence-corrected chi connectivity index (χ0v) is 49.2. The van der Waals surface area contributed by atoms with Crippen LogP contribution >= 0.6 is 0 Å². The number of fused-ring (bicyclic) bond motifs is 3. The fourth-order valence-electron chi connectivity index (χ4n) is 12.1. The standard InChI is InChI=1S/C61H99N3O14/c1-40-18-13-12-14-19-41(2)52(76-33-32-72-9)38-48-23-21-46(7)61(71,78-48)58(68)59(69)64-26-16-15-20-49(64)60(70)77-53(39-50(65)42(3)35-45(6)56(67)57(74-11)55(66)44(5)34-40)43(4)36-47-22-24-51(54(37-47)73-10)75-31-17-25-63-29-27-62(8)28-30-63/h12-14,18-19,35,40,42-44,46-49,51-54,56-57,67,71H,15-17,20-34,36-39H2,1-11H3/t40-,42-,43-,44-,46-,47+,48+,49+,51-,52-,53+,54-,56-,57+,61-/m1/s1. The number of cyclic esters (lactones) is 1. The third kappa shape index (κ3) is 18.8. The number of hydrogen-bond donors (Lipinski definition) is 2. The number of methoxy groups -OCH3 is 3. The first kappa shape index (κ1) is 65.3. The molecule has 17 heteroatoms. The molecule has 0 radical (unpaired) electrons. The van der Waals surface area contributed by atoms with Gasteiger partial charge < -0.3 is 58.1 Å². The van der Waals surface area contributed by atoms with E-state index in [1.165, 1.54) is 12.0 Å². The van der Waals surface area contributed by atoms with Crippen molar-refractivity contribution >= 4 is 29.2 Å². The predicted octanol–water partition coefficient (Wildman–Crippen LogP) is 6.86. The summed E-state index contributed by atoms with van der Waals surface area (Å²) >= 11 is 0. The van der Waals surface area contributed by atoms with E-state index < -0.39 is 77.8 Å². The van der Waals surface area contributed by atoms with Gasteiger partial charge in [-0.2, -0.15) is 0 Å². The summed E-state index contributed by atoms with van der Waals surface area (Å²) in [5.41, 5.74) is 1.27. The van der Waals surface area contributed by atoms with Gasteiger partial charge in [0.25, 0.3) is 11.7 Å². The first-order valence-corrected chi connectivity index (χ1v) is 29.3. The highest BCUT2D eigenvalue weighted by molar-refractivity contribution is 6.39. The van der Waals surface area contributed by atoms with Gasteiger partial charge in [-0.15, -0.1) is 0 Å². The molecule has 15 atom stereocenters. The van der Waals surface area contributed by atoms with Crippen molar-refractivity contribution < 1.29 is 67.3 Å². The minimum Gasteiger partial charge on any atom is -0.460 e. The average molecular weight is 1100 g/mol. The van der Waals surface area contributed by atoms with Gasteiger partial charge in [0.05, 0.1) is 37.6 Å². The third-order valence-electron chi connectivity index (χ3n) is 17.3. The van der Waals surface area contributed by atoms with Crippen LogP contribution in [0.4, 0.5) is 0 Å². The Morgan fingerprint density at radius 3 is 2.24 bits per heavy atom. The first-order valence-electron chi connectivity index (χ1n) is 29.3. The summed E-state index contributed by atoms with van der Waals surface area (Å²) in [4.78, 5) is 78.0. The van der Waals surface area contributed by atoms with E-state index in [0.29, 0.717) is 57.3 Å². The maximum absolute atomic E-state index is 14.7. The molecule has 5 rings (SSSR count). The Labute approximate surface area is 466 Å². The van der Waals surface area contributed by atoms with Gasteiger partial charge in [-0.25, -0.2) is 4.79 Å². The second-order valence-electron chi connectivity index (χ2n) is 23.6. The summed E-state index contributed by atoms with van der Waals surface area (Å²) in [5.74, 6) is -7.89. The summed E-state index contributed by atoms with van der Waals surface area (Å²) in [6, 6.07) is -1.14. The summed E-state index contributed by atoms with van der Waals surface area (Å²) in [7, 11) is 6.85. The molecule has 0 aromatic carbocycles.